The van der Waals surface area contributed by atoms with Gasteiger partial charge in [-0.25, -0.2) is 4.79 Å². The number of hydrogen-bond donors (Lipinski definition) is 3. The van der Waals surface area contributed by atoms with Crippen LogP contribution < -0.4 is 16.0 Å². The number of benzene rings is 1. The first-order valence-electron chi connectivity index (χ1n) is 8.65. The van der Waals surface area contributed by atoms with Crippen LogP contribution in [0.4, 0.5) is 23.7 Å². The van der Waals surface area contributed by atoms with E-state index in [1.807, 2.05) is 0 Å². The van der Waals surface area contributed by atoms with Gasteiger partial charge < -0.3 is 15.1 Å². The number of hydrogen-bond acceptors (Lipinski definition) is 7. The normalized spacial score (nSPS) is 19.2. The third-order valence-electron chi connectivity index (χ3n) is 4.20. The summed E-state index contributed by atoms with van der Waals surface area (Å²) in [5.41, 5.74) is -0.590. The predicted molar refractivity (Wildman–Crippen MR) is 98.4 cm³/mol. The van der Waals surface area contributed by atoms with Gasteiger partial charge in [0.25, 0.3) is 5.22 Å². The van der Waals surface area contributed by atoms with Crippen molar-refractivity contribution in [2.45, 2.75) is 30.8 Å². The minimum atomic E-state index is -4.45. The topological polar surface area (TPSA) is 126 Å². The smallest absolute Gasteiger partial charge is 0.416 e. The molecule has 4 amide bonds. The van der Waals surface area contributed by atoms with Crippen LogP contribution in [0.3, 0.4) is 0 Å². The Morgan fingerprint density at radius 3 is 2.57 bits per heavy atom. The largest absolute Gasteiger partial charge is 0.416 e. The predicted octanol–water partition coefficient (Wildman–Crippen LogP) is 2.21. The Balaban J connectivity index is 1.49. The number of thioether (sulfide) groups is 1. The zero-order valence-corrected chi connectivity index (χ0v) is 16.3. The lowest BCUT2D eigenvalue weighted by atomic mass is 9.95. The number of nitrogens with one attached hydrogen (secondary N) is 3. The van der Waals surface area contributed by atoms with Crippen molar-refractivity contribution >= 4 is 35.3 Å². The average Bonchev–Trinajstić information content (AvgIpc) is 3.10. The van der Waals surface area contributed by atoms with Crippen molar-refractivity contribution in [3.63, 3.8) is 0 Å². The molecule has 3 N–H and O–H groups in total. The quantitative estimate of drug-likeness (QED) is 0.585. The molecule has 30 heavy (non-hydrogen) atoms. The molecular weight excluding hydrogens is 427 g/mol. The van der Waals surface area contributed by atoms with Gasteiger partial charge in [0.2, 0.25) is 17.7 Å². The second kappa shape index (κ2) is 8.73. The number of carbonyl (C=O) groups excluding carboxylic acids is 3. The number of imide groups is 1. The fraction of sp³-hybridized carbons (Fsp3) is 0.353. The van der Waals surface area contributed by atoms with Gasteiger partial charge in [-0.3, -0.25) is 14.9 Å². The molecule has 9 nitrogen and oxygen atoms in total. The first-order valence-corrected chi connectivity index (χ1v) is 9.64. The second-order valence-corrected chi connectivity index (χ2v) is 7.36. The number of urea groups is 1. The summed E-state index contributed by atoms with van der Waals surface area (Å²) in [7, 11) is 0. The number of anilines is 1. The highest BCUT2D eigenvalue weighted by molar-refractivity contribution is 7.99. The second-order valence-electron chi connectivity index (χ2n) is 6.44. The molecule has 2 aromatic rings. The number of carbonyl (C=O) groups is 3. The Hall–Kier alpha value is -3.09. The molecular formula is C17H16F3N5O4S. The monoisotopic (exact) mass is 443 g/mol. The minimum absolute atomic E-state index is 0.0977. The fourth-order valence-electron chi connectivity index (χ4n) is 2.68. The molecule has 13 heteroatoms. The van der Waals surface area contributed by atoms with Gasteiger partial charge in [0.15, 0.2) is 0 Å². The lowest BCUT2D eigenvalue weighted by molar-refractivity contribution is -0.137. The summed E-state index contributed by atoms with van der Waals surface area (Å²) >= 11 is 0.937. The highest BCUT2D eigenvalue weighted by Gasteiger charge is 2.34. The molecule has 1 aliphatic rings. The van der Waals surface area contributed by atoms with E-state index in [-0.39, 0.29) is 29.0 Å². The molecule has 1 aromatic carbocycles. The third kappa shape index (κ3) is 5.49. The van der Waals surface area contributed by atoms with E-state index in [4.69, 9.17) is 4.42 Å². The van der Waals surface area contributed by atoms with E-state index in [9.17, 15) is 27.6 Å². The van der Waals surface area contributed by atoms with Crippen LogP contribution in [-0.4, -0.2) is 39.8 Å². The Morgan fingerprint density at radius 1 is 1.23 bits per heavy atom. The third-order valence-corrected chi connectivity index (χ3v) is 5.02. The highest BCUT2D eigenvalue weighted by Crippen LogP contribution is 2.30. The van der Waals surface area contributed by atoms with Gasteiger partial charge in [-0.15, -0.1) is 10.2 Å². The van der Waals surface area contributed by atoms with Gasteiger partial charge in [0.05, 0.1) is 17.2 Å². The molecule has 3 rings (SSSR count). The fourth-order valence-corrected chi connectivity index (χ4v) is 3.26. The Morgan fingerprint density at radius 2 is 1.93 bits per heavy atom. The summed E-state index contributed by atoms with van der Waals surface area (Å²) in [6, 6.07) is 3.08. The maximum atomic E-state index is 12.5. The molecule has 0 spiro atoms. The molecule has 160 valence electrons. The van der Waals surface area contributed by atoms with Crippen molar-refractivity contribution in [1.82, 2.24) is 20.8 Å². The number of rotatable bonds is 6. The van der Waals surface area contributed by atoms with E-state index < -0.39 is 41.5 Å². The molecule has 0 bridgehead atoms. The maximum Gasteiger partial charge on any atom is 0.416 e. The number of aromatic nitrogens is 2. The summed E-state index contributed by atoms with van der Waals surface area (Å²) < 4.78 is 43.0. The Bertz CT molecular complexity index is 948. The number of alkyl halides is 3. The van der Waals surface area contributed by atoms with Crippen LogP contribution in [0.25, 0.3) is 0 Å². The zero-order chi connectivity index (χ0) is 21.9. The highest BCUT2D eigenvalue weighted by atomic mass is 32.2. The minimum Gasteiger partial charge on any atom is -0.416 e. The van der Waals surface area contributed by atoms with Crippen LogP contribution in [0.15, 0.2) is 33.9 Å². The summed E-state index contributed by atoms with van der Waals surface area (Å²) in [6.45, 7) is 1.68. The standard InChI is InChI=1S/C17H16F3N5O4S/c1-8-11(14(27)23-15(28)21-8)6-13-24-25-16(29-13)30-7-12(26)22-10-4-2-9(3-5-10)17(18,19)20/h2-5,8,11H,6-7H2,1H3,(H,22,26)(H2,21,23,27,28). The zero-order valence-electron chi connectivity index (χ0n) is 15.4. The van der Waals surface area contributed by atoms with Crippen molar-refractivity contribution in [2.75, 3.05) is 11.1 Å². The van der Waals surface area contributed by atoms with Gasteiger partial charge in [-0.05, 0) is 31.2 Å². The summed E-state index contributed by atoms with van der Waals surface area (Å²) in [6.07, 6.45) is -4.34. The molecule has 2 heterocycles. The first kappa shape index (κ1) is 21.6. The van der Waals surface area contributed by atoms with Crippen LogP contribution in [0.5, 0.6) is 0 Å². The summed E-state index contributed by atoms with van der Waals surface area (Å²) in [5.74, 6) is -1.44. The van der Waals surface area contributed by atoms with E-state index in [2.05, 4.69) is 26.1 Å². The Labute approximate surface area is 172 Å². The van der Waals surface area contributed by atoms with Crippen molar-refractivity contribution in [2.24, 2.45) is 5.92 Å². The SMILES string of the molecule is CC1NC(=O)NC(=O)C1Cc1nnc(SCC(=O)Nc2ccc(C(F)(F)F)cc2)o1. The van der Waals surface area contributed by atoms with E-state index >= 15 is 0 Å². The summed E-state index contributed by atoms with van der Waals surface area (Å²) in [4.78, 5) is 35.1. The van der Waals surface area contributed by atoms with Crippen molar-refractivity contribution in [3.05, 3.63) is 35.7 Å². The maximum absolute atomic E-state index is 12.5. The van der Waals surface area contributed by atoms with E-state index in [0.717, 1.165) is 36.0 Å². The molecule has 0 saturated carbocycles. The van der Waals surface area contributed by atoms with Crippen LogP contribution in [-0.2, 0) is 22.2 Å². The van der Waals surface area contributed by atoms with Crippen molar-refractivity contribution < 1.29 is 32.0 Å². The lowest BCUT2D eigenvalue weighted by Crippen LogP contribution is -2.57. The number of nitrogens with zero attached hydrogens (tertiary/aromatic N) is 2. The van der Waals surface area contributed by atoms with E-state index in [1.165, 1.54) is 0 Å². The summed E-state index contributed by atoms with van der Waals surface area (Å²) in [5, 5.41) is 14.9. The molecule has 0 aliphatic carbocycles. The molecule has 2 atom stereocenters. The Kier molecular flexibility index (Phi) is 6.29. The van der Waals surface area contributed by atoms with E-state index in [1.54, 1.807) is 6.92 Å². The lowest BCUT2D eigenvalue weighted by Gasteiger charge is -2.27. The number of halogens is 3. The average molecular weight is 443 g/mol. The van der Waals surface area contributed by atoms with Crippen LogP contribution in [0.2, 0.25) is 0 Å². The molecule has 0 radical (unpaired) electrons. The van der Waals surface area contributed by atoms with Crippen molar-refractivity contribution in [3.8, 4) is 0 Å². The molecule has 2 unspecified atom stereocenters. The molecule has 1 fully saturated rings. The van der Waals surface area contributed by atoms with Gasteiger partial charge >= 0.3 is 12.2 Å². The van der Waals surface area contributed by atoms with Crippen molar-refractivity contribution in [1.29, 1.82) is 0 Å². The molecule has 1 saturated heterocycles. The first-order chi connectivity index (χ1) is 14.1. The molecule has 1 aliphatic heterocycles. The van der Waals surface area contributed by atoms with Gasteiger partial charge in [0, 0.05) is 18.2 Å². The molecule has 1 aromatic heterocycles. The van der Waals surface area contributed by atoms with Crippen LogP contribution in [0.1, 0.15) is 18.4 Å². The van der Waals surface area contributed by atoms with E-state index in [0.29, 0.717) is 0 Å². The van der Waals surface area contributed by atoms with Gasteiger partial charge in [-0.2, -0.15) is 13.2 Å². The van der Waals surface area contributed by atoms with Gasteiger partial charge in [0.1, 0.15) is 0 Å². The van der Waals surface area contributed by atoms with Gasteiger partial charge in [-0.1, -0.05) is 11.8 Å². The van der Waals surface area contributed by atoms with Crippen LogP contribution >= 0.6 is 11.8 Å². The number of amides is 4. The van der Waals surface area contributed by atoms with Crippen LogP contribution in [0, 0.1) is 5.92 Å².